The van der Waals surface area contributed by atoms with E-state index in [1.54, 1.807) is 29.2 Å². The van der Waals surface area contributed by atoms with Gasteiger partial charge in [-0.05, 0) is 44.2 Å². The molecule has 210 valence electrons. The third kappa shape index (κ3) is 5.11. The number of benzene rings is 1. The Hall–Kier alpha value is -3.35. The fourth-order valence-corrected chi connectivity index (χ4v) is 7.50. The standard InChI is InChI=1S/C26H29N7O5S2/c1-3-16-4-6-19-17(12-16)13-23(27-19)40(36,37)32-10-11-33(18(14-32)5-7-22-29-26(35)39-30-22)25(34)24-28-20-8-9-31(2)15-21(20)38-24/h1,4,6,12-13,18,22,27,30H,5,7-11,14-15H2,2H3,(H,29,35). The van der Waals surface area contributed by atoms with Crippen LogP contribution in [0.1, 0.15) is 40.5 Å². The summed E-state index contributed by atoms with van der Waals surface area (Å²) in [5, 5.41) is 3.42. The minimum atomic E-state index is -3.89. The molecule has 0 bridgehead atoms. The van der Waals surface area contributed by atoms with Gasteiger partial charge in [0.25, 0.3) is 21.2 Å². The Morgan fingerprint density at radius 3 is 2.88 bits per heavy atom. The molecule has 0 saturated carbocycles. The van der Waals surface area contributed by atoms with Gasteiger partial charge in [-0.15, -0.1) is 6.42 Å². The van der Waals surface area contributed by atoms with Crippen molar-refractivity contribution in [2.24, 2.45) is 0 Å². The maximum absolute atomic E-state index is 13.7. The summed E-state index contributed by atoms with van der Waals surface area (Å²) in [6, 6.07) is 6.41. The first-order valence-corrected chi connectivity index (χ1v) is 15.3. The van der Waals surface area contributed by atoms with E-state index < -0.39 is 16.1 Å². The minimum Gasteiger partial charge on any atom is -0.436 e. The quantitative estimate of drug-likeness (QED) is 0.292. The van der Waals surface area contributed by atoms with Crippen LogP contribution in [0.2, 0.25) is 0 Å². The van der Waals surface area contributed by atoms with E-state index in [0.717, 1.165) is 24.2 Å². The van der Waals surface area contributed by atoms with Crippen LogP contribution < -0.4 is 10.0 Å². The molecule has 3 aromatic rings. The molecule has 2 atom stereocenters. The molecular formula is C26H29N7O5S2. The number of oxazole rings is 1. The summed E-state index contributed by atoms with van der Waals surface area (Å²) in [5.74, 6) is 2.93. The first-order valence-electron chi connectivity index (χ1n) is 13.0. The van der Waals surface area contributed by atoms with Gasteiger partial charge in [0.05, 0.1) is 18.4 Å². The normalized spacial score (nSPS) is 22.3. The van der Waals surface area contributed by atoms with E-state index in [-0.39, 0.29) is 47.9 Å². The number of hydrogen-bond donors (Lipinski definition) is 3. The van der Waals surface area contributed by atoms with Crippen LogP contribution in [0.25, 0.3) is 10.9 Å². The SMILES string of the molecule is C#Cc1ccc2[nH]c(S(=O)(=O)N3CCN(C(=O)c4nc5c(o4)CN(C)CC5)C(CCC4NSC(=O)N4)C3)cc2c1. The van der Waals surface area contributed by atoms with Crippen LogP contribution in [0.5, 0.6) is 0 Å². The van der Waals surface area contributed by atoms with E-state index in [2.05, 4.69) is 30.8 Å². The van der Waals surface area contributed by atoms with E-state index in [9.17, 15) is 18.0 Å². The van der Waals surface area contributed by atoms with Crippen LogP contribution in [0, 0.1) is 12.3 Å². The second-order valence-electron chi connectivity index (χ2n) is 10.3. The fourth-order valence-electron chi connectivity index (χ4n) is 5.39. The fraction of sp³-hybridized carbons (Fsp3) is 0.423. The zero-order valence-electron chi connectivity index (χ0n) is 21.8. The zero-order chi connectivity index (χ0) is 28.0. The van der Waals surface area contributed by atoms with Gasteiger partial charge in [0, 0.05) is 67.1 Å². The van der Waals surface area contributed by atoms with E-state index >= 15 is 0 Å². The van der Waals surface area contributed by atoms with E-state index in [1.807, 2.05) is 7.05 Å². The lowest BCUT2D eigenvalue weighted by Crippen LogP contribution is -2.56. The van der Waals surface area contributed by atoms with E-state index in [0.29, 0.717) is 48.0 Å². The van der Waals surface area contributed by atoms with Gasteiger partial charge in [0.15, 0.2) is 0 Å². The van der Waals surface area contributed by atoms with Gasteiger partial charge in [0.2, 0.25) is 0 Å². The molecule has 2 amide bonds. The first-order chi connectivity index (χ1) is 19.2. The molecule has 2 fully saturated rings. The minimum absolute atomic E-state index is 0.0318. The van der Waals surface area contributed by atoms with Crippen molar-refractivity contribution in [2.75, 3.05) is 33.2 Å². The summed E-state index contributed by atoms with van der Waals surface area (Å²) in [7, 11) is -1.91. The molecule has 1 aromatic carbocycles. The molecule has 40 heavy (non-hydrogen) atoms. The highest BCUT2D eigenvalue weighted by atomic mass is 32.2. The predicted octanol–water partition coefficient (Wildman–Crippen LogP) is 1.71. The summed E-state index contributed by atoms with van der Waals surface area (Å²) in [6.45, 7) is 1.81. The Morgan fingerprint density at radius 1 is 1.25 bits per heavy atom. The van der Waals surface area contributed by atoms with Crippen molar-refractivity contribution in [1.29, 1.82) is 0 Å². The van der Waals surface area contributed by atoms with Gasteiger partial charge in [-0.25, -0.2) is 18.1 Å². The second-order valence-corrected chi connectivity index (χ2v) is 13.0. The number of hydrogen-bond acceptors (Lipinski definition) is 9. The molecule has 0 aliphatic carbocycles. The van der Waals surface area contributed by atoms with Crippen molar-refractivity contribution in [1.82, 2.24) is 34.1 Å². The maximum atomic E-state index is 13.7. The van der Waals surface area contributed by atoms with Gasteiger partial charge in [0.1, 0.15) is 10.8 Å². The molecule has 14 heteroatoms. The smallest absolute Gasteiger partial charge is 0.310 e. The Bertz CT molecular complexity index is 1630. The van der Waals surface area contributed by atoms with Gasteiger partial charge < -0.3 is 19.6 Å². The summed E-state index contributed by atoms with van der Waals surface area (Å²) < 4.78 is 37.7. The Kier molecular flexibility index (Phi) is 7.09. The van der Waals surface area contributed by atoms with E-state index in [1.165, 1.54) is 4.31 Å². The summed E-state index contributed by atoms with van der Waals surface area (Å²) in [5.41, 5.74) is 2.12. The number of nitrogens with zero attached hydrogens (tertiary/aromatic N) is 4. The van der Waals surface area contributed by atoms with Crippen molar-refractivity contribution >= 4 is 44.0 Å². The molecule has 3 aliphatic rings. The molecule has 2 unspecified atom stereocenters. The van der Waals surface area contributed by atoms with Gasteiger partial charge in [-0.1, -0.05) is 5.92 Å². The number of carbonyl (C=O) groups excluding carboxylic acids is 2. The number of amides is 2. The predicted molar refractivity (Wildman–Crippen MR) is 149 cm³/mol. The molecule has 3 aliphatic heterocycles. The molecular weight excluding hydrogens is 554 g/mol. The summed E-state index contributed by atoms with van der Waals surface area (Å²) in [6.07, 6.45) is 6.90. The first kappa shape index (κ1) is 26.9. The van der Waals surface area contributed by atoms with Gasteiger partial charge >= 0.3 is 5.91 Å². The highest BCUT2D eigenvalue weighted by Crippen LogP contribution is 2.28. The number of aromatic amines is 1. The Balaban J connectivity index is 1.24. The molecule has 0 spiro atoms. The van der Waals surface area contributed by atoms with Crippen molar-refractivity contribution in [3.63, 3.8) is 0 Å². The molecule has 3 N–H and O–H groups in total. The average molecular weight is 584 g/mol. The van der Waals surface area contributed by atoms with Crippen molar-refractivity contribution in [3.05, 3.63) is 47.2 Å². The number of H-pyrrole nitrogens is 1. The number of terminal acetylenes is 1. The molecule has 2 saturated heterocycles. The van der Waals surface area contributed by atoms with E-state index in [4.69, 9.17) is 10.8 Å². The Morgan fingerprint density at radius 2 is 2.10 bits per heavy atom. The monoisotopic (exact) mass is 583 g/mol. The van der Waals surface area contributed by atoms with Gasteiger partial charge in [-0.2, -0.15) is 4.31 Å². The van der Waals surface area contributed by atoms with Crippen LogP contribution in [0.4, 0.5) is 4.79 Å². The molecule has 6 rings (SSSR count). The highest BCUT2D eigenvalue weighted by Gasteiger charge is 2.39. The Labute approximate surface area is 236 Å². The lowest BCUT2D eigenvalue weighted by atomic mass is 10.1. The largest absolute Gasteiger partial charge is 0.436 e. The lowest BCUT2D eigenvalue weighted by molar-refractivity contribution is 0.0501. The van der Waals surface area contributed by atoms with Crippen molar-refractivity contribution in [3.8, 4) is 12.3 Å². The van der Waals surface area contributed by atoms with Crippen LogP contribution >= 0.6 is 11.9 Å². The topological polar surface area (TPSA) is 144 Å². The van der Waals surface area contributed by atoms with Crippen LogP contribution in [-0.4, -0.2) is 89.1 Å². The zero-order valence-corrected chi connectivity index (χ0v) is 23.5. The van der Waals surface area contributed by atoms with Crippen LogP contribution in [0.15, 0.2) is 33.7 Å². The number of fused-ring (bicyclic) bond motifs is 2. The number of rotatable bonds is 6. The molecule has 2 aromatic heterocycles. The highest BCUT2D eigenvalue weighted by molar-refractivity contribution is 8.12. The summed E-state index contributed by atoms with van der Waals surface area (Å²) >= 11 is 0.986. The number of aromatic nitrogens is 2. The molecule has 12 nitrogen and oxygen atoms in total. The lowest BCUT2D eigenvalue weighted by Gasteiger charge is -2.40. The number of carbonyl (C=O) groups is 2. The van der Waals surface area contributed by atoms with Crippen LogP contribution in [-0.2, 0) is 23.0 Å². The number of sulfonamides is 1. The maximum Gasteiger partial charge on any atom is 0.310 e. The number of piperazine rings is 1. The average Bonchev–Trinajstić information content (AvgIpc) is 3.68. The second kappa shape index (κ2) is 10.6. The van der Waals surface area contributed by atoms with Crippen molar-refractivity contribution in [2.45, 2.75) is 43.0 Å². The third-order valence-electron chi connectivity index (χ3n) is 7.57. The van der Waals surface area contributed by atoms with Crippen LogP contribution in [0.3, 0.4) is 0 Å². The third-order valence-corrected chi connectivity index (χ3v) is 10.1. The molecule has 5 heterocycles. The molecule has 0 radical (unpaired) electrons. The number of likely N-dealkylation sites (N-methyl/N-ethyl adjacent to an activating group) is 1. The summed E-state index contributed by atoms with van der Waals surface area (Å²) in [4.78, 5) is 36.5. The number of nitrogens with one attached hydrogen (secondary N) is 3. The van der Waals surface area contributed by atoms with Gasteiger partial charge in [-0.3, -0.25) is 14.5 Å². The van der Waals surface area contributed by atoms with Crippen molar-refractivity contribution < 1.29 is 22.4 Å².